The Morgan fingerprint density at radius 2 is 2.05 bits per heavy atom. The summed E-state index contributed by atoms with van der Waals surface area (Å²) in [5.41, 5.74) is 0.204. The maximum Gasteiger partial charge on any atom is 0.339 e. The lowest BCUT2D eigenvalue weighted by Gasteiger charge is -2.15. The van der Waals surface area contributed by atoms with Gasteiger partial charge in [-0.05, 0) is 25.0 Å². The van der Waals surface area contributed by atoms with Gasteiger partial charge >= 0.3 is 5.97 Å². The lowest BCUT2D eigenvalue weighted by atomic mass is 10.2. The highest BCUT2D eigenvalue weighted by Crippen LogP contribution is 2.37. The molecule has 1 aromatic rings. The smallest absolute Gasteiger partial charge is 0.339 e. The molecular weight excluding hydrogens is 294 g/mol. The van der Waals surface area contributed by atoms with Crippen molar-refractivity contribution in [3.63, 3.8) is 0 Å². The topological polar surface area (TPSA) is 68.5 Å². The van der Waals surface area contributed by atoms with Crippen LogP contribution in [0.4, 0.5) is 0 Å². The minimum Gasteiger partial charge on any atom is -0.493 e. The summed E-state index contributed by atoms with van der Waals surface area (Å²) in [5.74, 6) is 0.420. The van der Waals surface area contributed by atoms with E-state index in [2.05, 4.69) is 0 Å². The number of methoxy groups -OCH3 is 1. The Hall–Kier alpha value is -1.93. The zero-order chi connectivity index (χ0) is 16.0. The molecule has 114 valence electrons. The van der Waals surface area contributed by atoms with E-state index in [1.807, 2.05) is 19.9 Å². The van der Waals surface area contributed by atoms with E-state index in [4.69, 9.17) is 31.1 Å². The summed E-state index contributed by atoms with van der Waals surface area (Å²) < 4.78 is 15.7. The third kappa shape index (κ3) is 4.83. The van der Waals surface area contributed by atoms with E-state index >= 15 is 0 Å². The van der Waals surface area contributed by atoms with Crippen molar-refractivity contribution in [1.29, 1.82) is 5.26 Å². The number of rotatable bonds is 6. The Morgan fingerprint density at radius 3 is 2.57 bits per heavy atom. The summed E-state index contributed by atoms with van der Waals surface area (Å²) >= 11 is 6.13. The SMILES string of the molecule is COc1cc(C(=O)O[C@@H](C)C#N)cc(Cl)c1OCC(C)C. The van der Waals surface area contributed by atoms with Gasteiger partial charge < -0.3 is 14.2 Å². The van der Waals surface area contributed by atoms with E-state index in [1.54, 1.807) is 0 Å². The maximum absolute atomic E-state index is 11.9. The molecule has 0 spiro atoms. The molecule has 21 heavy (non-hydrogen) atoms. The summed E-state index contributed by atoms with van der Waals surface area (Å²) in [6.45, 7) is 5.98. The molecule has 0 aromatic heterocycles. The number of nitriles is 1. The highest BCUT2D eigenvalue weighted by molar-refractivity contribution is 6.32. The molecule has 0 heterocycles. The molecule has 0 fully saturated rings. The van der Waals surface area contributed by atoms with Crippen LogP contribution in [0, 0.1) is 17.2 Å². The van der Waals surface area contributed by atoms with Crippen LogP contribution in [0.25, 0.3) is 0 Å². The first kappa shape index (κ1) is 17.1. The van der Waals surface area contributed by atoms with E-state index < -0.39 is 12.1 Å². The van der Waals surface area contributed by atoms with Gasteiger partial charge in [0.2, 0.25) is 0 Å². The fraction of sp³-hybridized carbons (Fsp3) is 0.467. The zero-order valence-electron chi connectivity index (χ0n) is 12.5. The number of hydrogen-bond acceptors (Lipinski definition) is 5. The molecule has 0 saturated carbocycles. The van der Waals surface area contributed by atoms with Crippen LogP contribution < -0.4 is 9.47 Å². The molecule has 0 N–H and O–H groups in total. The number of carbonyl (C=O) groups is 1. The largest absolute Gasteiger partial charge is 0.493 e. The van der Waals surface area contributed by atoms with Crippen molar-refractivity contribution in [3.8, 4) is 17.6 Å². The summed E-state index contributed by atoms with van der Waals surface area (Å²) in [4.78, 5) is 11.9. The minimum absolute atomic E-state index is 0.204. The molecule has 0 unspecified atom stereocenters. The van der Waals surface area contributed by atoms with Gasteiger partial charge in [-0.25, -0.2) is 4.79 Å². The first-order chi connectivity index (χ1) is 9.88. The van der Waals surface area contributed by atoms with Gasteiger partial charge in [-0.15, -0.1) is 0 Å². The highest BCUT2D eigenvalue weighted by atomic mass is 35.5. The van der Waals surface area contributed by atoms with Crippen LogP contribution in [0.15, 0.2) is 12.1 Å². The van der Waals surface area contributed by atoms with Crippen LogP contribution in [0.5, 0.6) is 11.5 Å². The van der Waals surface area contributed by atoms with Crippen LogP contribution in [-0.2, 0) is 4.74 Å². The van der Waals surface area contributed by atoms with Crippen molar-refractivity contribution in [2.45, 2.75) is 26.9 Å². The lowest BCUT2D eigenvalue weighted by Crippen LogP contribution is -2.13. The number of hydrogen-bond donors (Lipinski definition) is 0. The van der Waals surface area contributed by atoms with Crippen molar-refractivity contribution in [2.75, 3.05) is 13.7 Å². The molecule has 1 atom stereocenters. The molecule has 0 saturated heterocycles. The molecule has 6 heteroatoms. The van der Waals surface area contributed by atoms with E-state index in [0.717, 1.165) is 0 Å². The molecule has 0 aliphatic carbocycles. The van der Waals surface area contributed by atoms with Crippen molar-refractivity contribution >= 4 is 17.6 Å². The van der Waals surface area contributed by atoms with Gasteiger partial charge in [-0.3, -0.25) is 0 Å². The number of benzene rings is 1. The third-order valence-corrected chi connectivity index (χ3v) is 2.77. The van der Waals surface area contributed by atoms with E-state index in [1.165, 1.54) is 26.2 Å². The molecule has 5 nitrogen and oxygen atoms in total. The van der Waals surface area contributed by atoms with Crippen LogP contribution in [0.3, 0.4) is 0 Å². The van der Waals surface area contributed by atoms with Crippen LogP contribution in [-0.4, -0.2) is 25.8 Å². The third-order valence-electron chi connectivity index (χ3n) is 2.49. The predicted molar refractivity (Wildman–Crippen MR) is 78.8 cm³/mol. The van der Waals surface area contributed by atoms with E-state index in [0.29, 0.717) is 24.0 Å². The van der Waals surface area contributed by atoms with Crippen LogP contribution >= 0.6 is 11.6 Å². The van der Waals surface area contributed by atoms with Gasteiger partial charge in [-0.2, -0.15) is 5.26 Å². The number of halogens is 1. The van der Waals surface area contributed by atoms with Gasteiger partial charge in [0.1, 0.15) is 6.07 Å². The first-order valence-electron chi connectivity index (χ1n) is 6.50. The first-order valence-corrected chi connectivity index (χ1v) is 6.87. The van der Waals surface area contributed by atoms with E-state index in [-0.39, 0.29) is 10.6 Å². The van der Waals surface area contributed by atoms with Gasteiger partial charge in [0.05, 0.1) is 24.3 Å². The number of ether oxygens (including phenoxy) is 3. The normalized spacial score (nSPS) is 11.7. The fourth-order valence-corrected chi connectivity index (χ4v) is 1.75. The Labute approximate surface area is 129 Å². The fourth-order valence-electron chi connectivity index (χ4n) is 1.48. The van der Waals surface area contributed by atoms with Gasteiger partial charge in [0, 0.05) is 0 Å². The standard InChI is InChI=1S/C15H18ClNO4/c1-9(2)8-20-14-12(16)5-11(6-13(14)19-4)15(18)21-10(3)7-17/h5-6,9-10H,8H2,1-4H3/t10-/m0/s1. The monoisotopic (exact) mass is 311 g/mol. The molecular formula is C15H18ClNO4. The number of carbonyl (C=O) groups excluding carboxylic acids is 1. The van der Waals surface area contributed by atoms with Crippen molar-refractivity contribution in [2.24, 2.45) is 5.92 Å². The second-order valence-electron chi connectivity index (χ2n) is 4.87. The summed E-state index contributed by atoms with van der Waals surface area (Å²) in [7, 11) is 1.46. The quantitative estimate of drug-likeness (QED) is 0.753. The number of nitrogens with zero attached hydrogens (tertiary/aromatic N) is 1. The zero-order valence-corrected chi connectivity index (χ0v) is 13.2. The molecule has 1 rings (SSSR count). The molecule has 1 aromatic carbocycles. The summed E-state index contributed by atoms with van der Waals surface area (Å²) in [6, 6.07) is 4.74. The van der Waals surface area contributed by atoms with Gasteiger partial charge in [-0.1, -0.05) is 25.4 Å². The Morgan fingerprint density at radius 1 is 1.38 bits per heavy atom. The van der Waals surface area contributed by atoms with Crippen LogP contribution in [0.1, 0.15) is 31.1 Å². The average Bonchev–Trinajstić information content (AvgIpc) is 2.44. The Bertz CT molecular complexity index is 551. The van der Waals surface area contributed by atoms with Crippen LogP contribution in [0.2, 0.25) is 5.02 Å². The second-order valence-corrected chi connectivity index (χ2v) is 5.28. The minimum atomic E-state index is -0.834. The van der Waals surface area contributed by atoms with Gasteiger partial charge in [0.15, 0.2) is 17.6 Å². The Balaban J connectivity index is 3.03. The molecule has 0 aliphatic heterocycles. The van der Waals surface area contributed by atoms with Crippen molar-refractivity contribution < 1.29 is 19.0 Å². The van der Waals surface area contributed by atoms with E-state index in [9.17, 15) is 4.79 Å². The molecule has 0 amide bonds. The number of esters is 1. The predicted octanol–water partition coefficient (Wildman–Crippen LogP) is 3.45. The summed E-state index contributed by atoms with van der Waals surface area (Å²) in [6.07, 6.45) is -0.834. The lowest BCUT2D eigenvalue weighted by molar-refractivity contribution is 0.0435. The van der Waals surface area contributed by atoms with Crippen molar-refractivity contribution in [1.82, 2.24) is 0 Å². The second kappa shape index (κ2) is 7.75. The highest BCUT2D eigenvalue weighted by Gasteiger charge is 2.18. The van der Waals surface area contributed by atoms with Crippen molar-refractivity contribution in [3.05, 3.63) is 22.7 Å². The molecule has 0 bridgehead atoms. The summed E-state index contributed by atoms with van der Waals surface area (Å²) in [5, 5.41) is 8.91. The Kier molecular flexibility index (Phi) is 6.32. The van der Waals surface area contributed by atoms with Gasteiger partial charge in [0.25, 0.3) is 0 Å². The molecule has 0 aliphatic rings. The molecule has 0 radical (unpaired) electrons. The maximum atomic E-state index is 11.9. The average molecular weight is 312 g/mol.